The molecule has 9 heteroatoms. The summed E-state index contributed by atoms with van der Waals surface area (Å²) >= 11 is 0. The van der Waals surface area contributed by atoms with Crippen molar-refractivity contribution in [2.75, 3.05) is 6.54 Å². The van der Waals surface area contributed by atoms with Crippen molar-refractivity contribution >= 4 is 22.3 Å². The number of H-pyrrole nitrogens is 2. The molecule has 1 aliphatic rings. The number of carbonyl (C=O) groups is 1. The van der Waals surface area contributed by atoms with Gasteiger partial charge in [-0.3, -0.25) is 19.5 Å². The van der Waals surface area contributed by atoms with E-state index in [9.17, 15) is 14.4 Å². The molecule has 1 amide bonds. The van der Waals surface area contributed by atoms with Crippen LogP contribution in [0.25, 0.3) is 16.4 Å². The molecule has 0 unspecified atom stereocenters. The Morgan fingerprint density at radius 3 is 2.77 bits per heavy atom. The fraction of sp³-hybridized carbons (Fsp3) is 0.318. The Balaban J connectivity index is 1.47. The van der Waals surface area contributed by atoms with Gasteiger partial charge in [-0.15, -0.1) is 0 Å². The Bertz CT molecular complexity index is 1450. The van der Waals surface area contributed by atoms with Crippen molar-refractivity contribution in [3.63, 3.8) is 0 Å². The highest BCUT2D eigenvalue weighted by Crippen LogP contribution is 2.32. The Morgan fingerprint density at radius 1 is 1.19 bits per heavy atom. The average Bonchev–Trinajstić information content (AvgIpc) is 3.41. The summed E-state index contributed by atoms with van der Waals surface area (Å²) in [5, 5.41) is 11.0. The predicted octanol–water partition coefficient (Wildman–Crippen LogP) is 1.78. The number of aryl methyl sites for hydroxylation is 1. The van der Waals surface area contributed by atoms with Gasteiger partial charge >= 0.3 is 0 Å². The number of fused-ring (bicyclic) bond motifs is 2. The second-order valence-electron chi connectivity index (χ2n) is 8.00. The van der Waals surface area contributed by atoms with Crippen LogP contribution in [0, 0.1) is 13.8 Å². The Kier molecular flexibility index (Phi) is 4.46. The van der Waals surface area contributed by atoms with E-state index in [0.29, 0.717) is 39.9 Å². The van der Waals surface area contributed by atoms with Crippen molar-refractivity contribution in [1.82, 2.24) is 29.7 Å². The molecular formula is C22H22N6O3. The SMILES string of the molecule is Cc1nc2cc([C@@H]3CCCN3C(=O)Cc3n[nH]c(=O)c4ccccc34)[nH]n2c(=O)c1C. The van der Waals surface area contributed by atoms with Crippen LogP contribution in [0.4, 0.5) is 0 Å². The molecule has 0 spiro atoms. The molecule has 3 aromatic heterocycles. The first-order valence-corrected chi connectivity index (χ1v) is 10.3. The minimum absolute atomic E-state index is 0.0708. The van der Waals surface area contributed by atoms with Gasteiger partial charge < -0.3 is 4.90 Å². The molecule has 4 heterocycles. The van der Waals surface area contributed by atoms with Crippen molar-refractivity contribution in [3.8, 4) is 0 Å². The van der Waals surface area contributed by atoms with E-state index in [-0.39, 0.29) is 29.5 Å². The van der Waals surface area contributed by atoms with Crippen molar-refractivity contribution in [3.05, 3.63) is 73.7 Å². The van der Waals surface area contributed by atoms with E-state index < -0.39 is 0 Å². The summed E-state index contributed by atoms with van der Waals surface area (Å²) in [6, 6.07) is 8.83. The highest BCUT2D eigenvalue weighted by atomic mass is 16.2. The van der Waals surface area contributed by atoms with E-state index in [0.717, 1.165) is 18.5 Å². The number of nitrogens with zero attached hydrogens (tertiary/aromatic N) is 4. The van der Waals surface area contributed by atoms with Gasteiger partial charge in [0.1, 0.15) is 0 Å². The van der Waals surface area contributed by atoms with Crippen LogP contribution in [0.3, 0.4) is 0 Å². The predicted molar refractivity (Wildman–Crippen MR) is 115 cm³/mol. The summed E-state index contributed by atoms with van der Waals surface area (Å²) in [6.07, 6.45) is 1.75. The normalized spacial score (nSPS) is 16.5. The molecule has 0 aliphatic carbocycles. The van der Waals surface area contributed by atoms with E-state index in [1.165, 1.54) is 4.52 Å². The van der Waals surface area contributed by atoms with Gasteiger partial charge in [0.25, 0.3) is 11.1 Å². The highest BCUT2D eigenvalue weighted by Gasteiger charge is 2.32. The van der Waals surface area contributed by atoms with Crippen molar-refractivity contribution < 1.29 is 4.79 Å². The average molecular weight is 418 g/mol. The third-order valence-electron chi connectivity index (χ3n) is 6.13. The fourth-order valence-electron chi connectivity index (χ4n) is 4.35. The second-order valence-corrected chi connectivity index (χ2v) is 8.00. The zero-order valence-corrected chi connectivity index (χ0v) is 17.3. The van der Waals surface area contributed by atoms with Crippen LogP contribution in [-0.4, -0.2) is 42.1 Å². The number of hydrogen-bond acceptors (Lipinski definition) is 5. The van der Waals surface area contributed by atoms with E-state index in [2.05, 4.69) is 20.3 Å². The second kappa shape index (κ2) is 7.19. The first kappa shape index (κ1) is 19.2. The maximum Gasteiger partial charge on any atom is 0.275 e. The molecule has 0 bridgehead atoms. The van der Waals surface area contributed by atoms with Crippen LogP contribution >= 0.6 is 0 Å². The van der Waals surface area contributed by atoms with Crippen LogP contribution in [-0.2, 0) is 11.2 Å². The molecule has 9 nitrogen and oxygen atoms in total. The minimum atomic E-state index is -0.271. The zero-order chi connectivity index (χ0) is 21.7. The summed E-state index contributed by atoms with van der Waals surface area (Å²) in [6.45, 7) is 4.20. The molecular weight excluding hydrogens is 396 g/mol. The molecule has 158 valence electrons. The number of rotatable bonds is 3. The number of benzene rings is 1. The third-order valence-corrected chi connectivity index (χ3v) is 6.13. The molecule has 1 fully saturated rings. The van der Waals surface area contributed by atoms with E-state index in [1.807, 2.05) is 30.0 Å². The molecule has 4 aromatic rings. The Morgan fingerprint density at radius 2 is 1.97 bits per heavy atom. The van der Waals surface area contributed by atoms with Gasteiger partial charge in [0, 0.05) is 29.3 Å². The zero-order valence-electron chi connectivity index (χ0n) is 17.3. The number of amides is 1. The van der Waals surface area contributed by atoms with Gasteiger partial charge in [0.15, 0.2) is 5.65 Å². The highest BCUT2D eigenvalue weighted by molar-refractivity contribution is 5.88. The van der Waals surface area contributed by atoms with Crippen LogP contribution in [0.15, 0.2) is 39.9 Å². The standard InChI is InChI=1S/C22H22N6O3/c1-12-13(2)23-19-10-17(26-28(19)22(12)31)18-8-5-9-27(18)20(29)11-16-14-6-3-4-7-15(14)21(30)25-24-16/h3-4,6-7,10,18,26H,5,8-9,11H2,1-2H3,(H,25,30)/t18-/m0/s1. The lowest BCUT2D eigenvalue weighted by Gasteiger charge is -2.23. The summed E-state index contributed by atoms with van der Waals surface area (Å²) in [5.41, 5.74) is 2.79. The number of aromatic amines is 2. The number of nitrogens with one attached hydrogen (secondary N) is 2. The quantitative estimate of drug-likeness (QED) is 0.526. The van der Waals surface area contributed by atoms with Gasteiger partial charge in [-0.1, -0.05) is 18.2 Å². The van der Waals surface area contributed by atoms with Gasteiger partial charge in [-0.05, 0) is 32.8 Å². The molecule has 1 saturated heterocycles. The van der Waals surface area contributed by atoms with Crippen molar-refractivity contribution in [1.29, 1.82) is 0 Å². The molecule has 2 N–H and O–H groups in total. The van der Waals surface area contributed by atoms with Crippen molar-refractivity contribution in [2.45, 2.75) is 39.2 Å². The molecule has 5 rings (SSSR count). The molecule has 1 aromatic carbocycles. The van der Waals surface area contributed by atoms with Crippen molar-refractivity contribution in [2.24, 2.45) is 0 Å². The lowest BCUT2D eigenvalue weighted by atomic mass is 10.1. The molecule has 0 saturated carbocycles. The number of carbonyl (C=O) groups excluding carboxylic acids is 1. The number of likely N-dealkylation sites (tertiary alicyclic amines) is 1. The van der Waals surface area contributed by atoms with Crippen LogP contribution in [0.5, 0.6) is 0 Å². The van der Waals surface area contributed by atoms with Crippen LogP contribution < -0.4 is 11.1 Å². The maximum atomic E-state index is 13.2. The fourth-order valence-corrected chi connectivity index (χ4v) is 4.35. The molecule has 1 aliphatic heterocycles. The van der Waals surface area contributed by atoms with E-state index in [4.69, 9.17) is 0 Å². The number of aromatic nitrogens is 5. The lowest BCUT2D eigenvalue weighted by Crippen LogP contribution is -2.32. The first-order valence-electron chi connectivity index (χ1n) is 10.3. The third kappa shape index (κ3) is 3.13. The number of hydrogen-bond donors (Lipinski definition) is 2. The largest absolute Gasteiger partial charge is 0.334 e. The van der Waals surface area contributed by atoms with Gasteiger partial charge in [0.05, 0.1) is 29.2 Å². The van der Waals surface area contributed by atoms with Crippen LogP contribution in [0.1, 0.15) is 41.5 Å². The van der Waals surface area contributed by atoms with Gasteiger partial charge in [-0.25, -0.2) is 14.6 Å². The van der Waals surface area contributed by atoms with E-state index >= 15 is 0 Å². The Labute approximate surface area is 176 Å². The summed E-state index contributed by atoms with van der Waals surface area (Å²) in [5.74, 6) is -0.0708. The van der Waals surface area contributed by atoms with Crippen LogP contribution in [0.2, 0.25) is 0 Å². The van der Waals surface area contributed by atoms with Gasteiger partial charge in [0.2, 0.25) is 5.91 Å². The summed E-state index contributed by atoms with van der Waals surface area (Å²) in [7, 11) is 0. The Hall–Kier alpha value is -3.75. The maximum absolute atomic E-state index is 13.2. The molecule has 1 atom stereocenters. The first-order chi connectivity index (χ1) is 14.9. The monoisotopic (exact) mass is 418 g/mol. The smallest absolute Gasteiger partial charge is 0.275 e. The molecule has 31 heavy (non-hydrogen) atoms. The summed E-state index contributed by atoms with van der Waals surface area (Å²) < 4.78 is 1.44. The lowest BCUT2D eigenvalue weighted by molar-refractivity contribution is -0.131. The van der Waals surface area contributed by atoms with E-state index in [1.54, 1.807) is 19.1 Å². The minimum Gasteiger partial charge on any atom is -0.334 e. The van der Waals surface area contributed by atoms with Gasteiger partial charge in [-0.2, -0.15) is 5.10 Å². The topological polar surface area (TPSA) is 116 Å². The molecule has 0 radical (unpaired) electrons. The summed E-state index contributed by atoms with van der Waals surface area (Å²) in [4.78, 5) is 44.1.